The van der Waals surface area contributed by atoms with Crippen molar-refractivity contribution in [3.8, 4) is 5.75 Å². The summed E-state index contributed by atoms with van der Waals surface area (Å²) in [6.07, 6.45) is 6.78. The van der Waals surface area contributed by atoms with Crippen LogP contribution in [0.15, 0.2) is 17.2 Å². The molecule has 2 nitrogen and oxygen atoms in total. The fourth-order valence-electron chi connectivity index (χ4n) is 1.48. The van der Waals surface area contributed by atoms with Gasteiger partial charge in [0.15, 0.2) is 0 Å². The van der Waals surface area contributed by atoms with Crippen LogP contribution in [0.2, 0.25) is 0 Å². The topological polar surface area (TPSA) is 22.1 Å². The van der Waals surface area contributed by atoms with Crippen molar-refractivity contribution >= 4 is 11.8 Å². The van der Waals surface area contributed by atoms with Crippen LogP contribution in [0.1, 0.15) is 38.3 Å². The van der Waals surface area contributed by atoms with Crippen molar-refractivity contribution in [3.05, 3.63) is 18.0 Å². The minimum Gasteiger partial charge on any atom is -0.489 e. The predicted molar refractivity (Wildman–Crippen MR) is 63.8 cm³/mol. The smallest absolute Gasteiger partial charge is 0.139 e. The molecule has 1 heterocycles. The average Bonchev–Trinajstić information content (AvgIpc) is 3.01. The summed E-state index contributed by atoms with van der Waals surface area (Å²) in [4.78, 5) is 5.72. The zero-order valence-corrected chi connectivity index (χ0v) is 10.3. The van der Waals surface area contributed by atoms with Gasteiger partial charge in [-0.15, -0.1) is 11.8 Å². The van der Waals surface area contributed by atoms with Crippen LogP contribution in [0, 0.1) is 0 Å². The Morgan fingerprint density at radius 2 is 2.20 bits per heavy atom. The number of hydrogen-bond acceptors (Lipinski definition) is 3. The summed E-state index contributed by atoms with van der Waals surface area (Å²) in [7, 11) is 0. The quantitative estimate of drug-likeness (QED) is 0.730. The van der Waals surface area contributed by atoms with Crippen LogP contribution in [-0.4, -0.2) is 17.3 Å². The Bertz CT molecular complexity index is 347. The fraction of sp³-hybridized carbons (Fsp3) is 0.583. The van der Waals surface area contributed by atoms with Gasteiger partial charge in [-0.3, -0.25) is 4.98 Å². The van der Waals surface area contributed by atoms with Crippen molar-refractivity contribution in [2.75, 3.05) is 6.26 Å². The molecule has 0 aromatic carbocycles. The second kappa shape index (κ2) is 4.44. The zero-order valence-electron chi connectivity index (χ0n) is 9.49. The summed E-state index contributed by atoms with van der Waals surface area (Å²) in [5.41, 5.74) is 1.17. The number of rotatable bonds is 4. The monoisotopic (exact) mass is 223 g/mol. The van der Waals surface area contributed by atoms with E-state index in [0.717, 1.165) is 5.75 Å². The molecule has 1 aliphatic rings. The molecule has 0 saturated heterocycles. The van der Waals surface area contributed by atoms with E-state index in [1.807, 2.05) is 6.20 Å². The first-order chi connectivity index (χ1) is 7.20. The Balaban J connectivity index is 2.20. The largest absolute Gasteiger partial charge is 0.489 e. The van der Waals surface area contributed by atoms with Crippen molar-refractivity contribution in [1.82, 2.24) is 4.98 Å². The standard InChI is InChI=1S/C12H17NOS/c1-8(2)12-11(15-3)6-10(7-13-12)14-9-4-5-9/h6-9H,4-5H2,1-3H3. The van der Waals surface area contributed by atoms with Gasteiger partial charge in [0.2, 0.25) is 0 Å². The van der Waals surface area contributed by atoms with E-state index in [2.05, 4.69) is 31.2 Å². The Morgan fingerprint density at radius 3 is 2.73 bits per heavy atom. The maximum absolute atomic E-state index is 5.73. The minimum absolute atomic E-state index is 0.450. The lowest BCUT2D eigenvalue weighted by molar-refractivity contribution is 0.301. The molecule has 0 aliphatic heterocycles. The molecule has 1 aromatic heterocycles. The summed E-state index contributed by atoms with van der Waals surface area (Å²) in [5.74, 6) is 1.40. The van der Waals surface area contributed by atoms with Gasteiger partial charge in [0.1, 0.15) is 5.75 Å². The van der Waals surface area contributed by atoms with Crippen LogP contribution in [0.5, 0.6) is 5.75 Å². The highest BCUT2D eigenvalue weighted by Crippen LogP contribution is 2.31. The normalized spacial score (nSPS) is 15.7. The fourth-order valence-corrected chi connectivity index (χ4v) is 2.21. The van der Waals surface area contributed by atoms with Gasteiger partial charge in [-0.1, -0.05) is 13.8 Å². The average molecular weight is 223 g/mol. The number of aromatic nitrogens is 1. The molecule has 0 unspecified atom stereocenters. The van der Waals surface area contributed by atoms with Crippen molar-refractivity contribution in [3.63, 3.8) is 0 Å². The van der Waals surface area contributed by atoms with Crippen LogP contribution in [0.25, 0.3) is 0 Å². The summed E-state index contributed by atoms with van der Waals surface area (Å²) in [5, 5.41) is 0. The van der Waals surface area contributed by atoms with Gasteiger partial charge in [0, 0.05) is 4.90 Å². The summed E-state index contributed by atoms with van der Waals surface area (Å²) in [6, 6.07) is 2.12. The molecule has 0 spiro atoms. The molecule has 1 aliphatic carbocycles. The molecule has 2 rings (SSSR count). The highest BCUT2D eigenvalue weighted by atomic mass is 32.2. The van der Waals surface area contributed by atoms with Crippen molar-refractivity contribution in [2.45, 2.75) is 43.6 Å². The van der Waals surface area contributed by atoms with E-state index in [1.54, 1.807) is 11.8 Å². The van der Waals surface area contributed by atoms with Gasteiger partial charge in [-0.25, -0.2) is 0 Å². The molecule has 0 N–H and O–H groups in total. The molecule has 82 valence electrons. The molecule has 3 heteroatoms. The number of ether oxygens (including phenoxy) is 1. The number of nitrogens with zero attached hydrogens (tertiary/aromatic N) is 1. The molecule has 0 atom stereocenters. The molecular formula is C12H17NOS. The summed E-state index contributed by atoms with van der Waals surface area (Å²) >= 11 is 1.74. The third-order valence-electron chi connectivity index (χ3n) is 2.45. The minimum atomic E-state index is 0.450. The highest BCUT2D eigenvalue weighted by molar-refractivity contribution is 7.98. The van der Waals surface area contributed by atoms with E-state index in [0.29, 0.717) is 12.0 Å². The van der Waals surface area contributed by atoms with Crippen LogP contribution < -0.4 is 4.74 Å². The number of hydrogen-bond donors (Lipinski definition) is 0. The van der Waals surface area contributed by atoms with E-state index in [-0.39, 0.29) is 0 Å². The van der Waals surface area contributed by atoms with Crippen LogP contribution in [0.4, 0.5) is 0 Å². The predicted octanol–water partition coefficient (Wildman–Crippen LogP) is 3.47. The molecule has 15 heavy (non-hydrogen) atoms. The Morgan fingerprint density at radius 1 is 1.47 bits per heavy atom. The van der Waals surface area contributed by atoms with Crippen molar-refractivity contribution < 1.29 is 4.74 Å². The SMILES string of the molecule is CSc1cc(OC2CC2)cnc1C(C)C. The number of thioether (sulfide) groups is 1. The van der Waals surface area contributed by atoms with E-state index in [4.69, 9.17) is 4.74 Å². The Hall–Kier alpha value is -0.700. The zero-order chi connectivity index (χ0) is 10.8. The van der Waals surface area contributed by atoms with E-state index in [9.17, 15) is 0 Å². The van der Waals surface area contributed by atoms with Gasteiger partial charge in [0.25, 0.3) is 0 Å². The third-order valence-corrected chi connectivity index (χ3v) is 3.22. The van der Waals surface area contributed by atoms with Crippen LogP contribution in [-0.2, 0) is 0 Å². The molecule has 0 amide bonds. The van der Waals surface area contributed by atoms with Crippen molar-refractivity contribution in [1.29, 1.82) is 0 Å². The Labute approximate surface area is 95.4 Å². The first kappa shape index (κ1) is 10.8. The van der Waals surface area contributed by atoms with Gasteiger partial charge in [-0.2, -0.15) is 0 Å². The first-order valence-electron chi connectivity index (χ1n) is 5.41. The van der Waals surface area contributed by atoms with E-state index < -0.39 is 0 Å². The lowest BCUT2D eigenvalue weighted by Crippen LogP contribution is -2.00. The molecule has 0 bridgehead atoms. The van der Waals surface area contributed by atoms with Gasteiger partial charge < -0.3 is 4.74 Å². The van der Waals surface area contributed by atoms with Gasteiger partial charge in [-0.05, 0) is 31.1 Å². The molecule has 1 fully saturated rings. The molecule has 1 saturated carbocycles. The van der Waals surface area contributed by atoms with Gasteiger partial charge in [0.05, 0.1) is 18.0 Å². The van der Waals surface area contributed by atoms with Gasteiger partial charge >= 0.3 is 0 Å². The lowest BCUT2D eigenvalue weighted by Gasteiger charge is -2.11. The molecular weight excluding hydrogens is 206 g/mol. The molecule has 1 aromatic rings. The second-order valence-corrected chi connectivity index (χ2v) is 5.08. The summed E-state index contributed by atoms with van der Waals surface area (Å²) < 4.78 is 5.73. The van der Waals surface area contributed by atoms with E-state index >= 15 is 0 Å². The van der Waals surface area contributed by atoms with E-state index in [1.165, 1.54) is 23.4 Å². The highest BCUT2D eigenvalue weighted by Gasteiger charge is 2.24. The van der Waals surface area contributed by atoms with Crippen molar-refractivity contribution in [2.24, 2.45) is 0 Å². The number of pyridine rings is 1. The lowest BCUT2D eigenvalue weighted by atomic mass is 10.1. The van der Waals surface area contributed by atoms with Crippen LogP contribution >= 0.6 is 11.8 Å². The molecule has 0 radical (unpaired) electrons. The van der Waals surface area contributed by atoms with Crippen LogP contribution in [0.3, 0.4) is 0 Å². The Kier molecular flexibility index (Phi) is 3.19. The first-order valence-corrected chi connectivity index (χ1v) is 6.63. The maximum atomic E-state index is 5.73. The summed E-state index contributed by atoms with van der Waals surface area (Å²) in [6.45, 7) is 4.34. The second-order valence-electron chi connectivity index (χ2n) is 4.23. The maximum Gasteiger partial charge on any atom is 0.139 e. The third kappa shape index (κ3) is 2.65.